The third-order valence-corrected chi connectivity index (χ3v) is 2.58. The van der Waals surface area contributed by atoms with Crippen molar-refractivity contribution in [1.29, 1.82) is 0 Å². The number of rotatable bonds is 6. The fourth-order valence-corrected chi connectivity index (χ4v) is 1.56. The van der Waals surface area contributed by atoms with Crippen LogP contribution in [-0.4, -0.2) is 13.2 Å². The summed E-state index contributed by atoms with van der Waals surface area (Å²) >= 11 is 0. The van der Waals surface area contributed by atoms with Crippen LogP contribution in [-0.2, 0) is 6.54 Å². The van der Waals surface area contributed by atoms with Crippen LogP contribution in [0.1, 0.15) is 25.3 Å². The van der Waals surface area contributed by atoms with Gasteiger partial charge in [-0.3, -0.25) is 5.32 Å². The van der Waals surface area contributed by atoms with E-state index < -0.39 is 0 Å². The Morgan fingerprint density at radius 2 is 2.29 bits per heavy atom. The minimum absolute atomic E-state index is 0.00139. The number of terminal acetylenes is 1. The van der Waals surface area contributed by atoms with Gasteiger partial charge in [-0.2, -0.15) is 0 Å². The van der Waals surface area contributed by atoms with E-state index in [0.717, 1.165) is 12.8 Å². The Bertz CT molecular complexity index is 398. The van der Waals surface area contributed by atoms with Gasteiger partial charge < -0.3 is 4.74 Å². The van der Waals surface area contributed by atoms with Crippen molar-refractivity contribution in [3.63, 3.8) is 0 Å². The summed E-state index contributed by atoms with van der Waals surface area (Å²) in [7, 11) is 1.52. The summed E-state index contributed by atoms with van der Waals surface area (Å²) in [5.41, 5.74) is 0.599. The third kappa shape index (κ3) is 4.08. The quantitative estimate of drug-likeness (QED) is 0.765. The van der Waals surface area contributed by atoms with Crippen molar-refractivity contribution in [3.05, 3.63) is 29.6 Å². The average molecular weight is 235 g/mol. The maximum Gasteiger partial charge on any atom is 0.131 e. The number of hydrogen-bond acceptors (Lipinski definition) is 2. The van der Waals surface area contributed by atoms with E-state index in [0.29, 0.717) is 17.9 Å². The molecule has 0 aliphatic heterocycles. The van der Waals surface area contributed by atoms with Gasteiger partial charge in [0.2, 0.25) is 0 Å². The molecule has 0 aliphatic carbocycles. The number of ether oxygens (including phenoxy) is 1. The average Bonchev–Trinajstić information content (AvgIpc) is 2.35. The van der Waals surface area contributed by atoms with E-state index in [1.165, 1.54) is 13.2 Å². The maximum atomic E-state index is 13.6. The highest BCUT2D eigenvalue weighted by molar-refractivity contribution is 5.28. The first-order valence-electron chi connectivity index (χ1n) is 5.73. The zero-order chi connectivity index (χ0) is 12.7. The molecule has 3 heteroatoms. The summed E-state index contributed by atoms with van der Waals surface area (Å²) in [5.74, 6) is 2.90. The van der Waals surface area contributed by atoms with Crippen molar-refractivity contribution in [1.82, 2.24) is 5.32 Å². The number of hydrogen-bond donors (Lipinski definition) is 1. The van der Waals surface area contributed by atoms with Crippen LogP contribution in [0.3, 0.4) is 0 Å². The number of benzene rings is 1. The first-order chi connectivity index (χ1) is 8.21. The molecule has 0 aromatic heterocycles. The van der Waals surface area contributed by atoms with Crippen molar-refractivity contribution >= 4 is 0 Å². The molecule has 0 saturated heterocycles. The SMILES string of the molecule is C#CC(CCC)NCc1ccc(OC)cc1F. The zero-order valence-electron chi connectivity index (χ0n) is 10.3. The summed E-state index contributed by atoms with van der Waals surface area (Å²) in [6.45, 7) is 2.50. The minimum atomic E-state index is -0.274. The molecule has 0 radical (unpaired) electrons. The van der Waals surface area contributed by atoms with Gasteiger partial charge >= 0.3 is 0 Å². The highest BCUT2D eigenvalue weighted by Gasteiger charge is 2.07. The van der Waals surface area contributed by atoms with Crippen LogP contribution in [0.2, 0.25) is 0 Å². The van der Waals surface area contributed by atoms with Crippen LogP contribution in [0.15, 0.2) is 18.2 Å². The molecule has 0 amide bonds. The van der Waals surface area contributed by atoms with Crippen molar-refractivity contribution in [2.75, 3.05) is 7.11 Å². The largest absolute Gasteiger partial charge is 0.497 e. The molecule has 0 bridgehead atoms. The Hall–Kier alpha value is -1.53. The summed E-state index contributed by atoms with van der Waals surface area (Å²) in [6, 6.07) is 4.83. The lowest BCUT2D eigenvalue weighted by molar-refractivity contribution is 0.410. The predicted octanol–water partition coefficient (Wildman–Crippen LogP) is 2.73. The van der Waals surface area contributed by atoms with Gasteiger partial charge in [0.1, 0.15) is 11.6 Å². The fraction of sp³-hybridized carbons (Fsp3) is 0.429. The van der Waals surface area contributed by atoms with E-state index in [2.05, 4.69) is 18.2 Å². The first kappa shape index (κ1) is 13.5. The van der Waals surface area contributed by atoms with Crippen LogP contribution >= 0.6 is 0 Å². The molecule has 17 heavy (non-hydrogen) atoms. The fourth-order valence-electron chi connectivity index (χ4n) is 1.56. The molecule has 0 spiro atoms. The second-order valence-electron chi connectivity index (χ2n) is 3.85. The van der Waals surface area contributed by atoms with Gasteiger partial charge in [0.25, 0.3) is 0 Å². The Labute approximate surface area is 102 Å². The predicted molar refractivity (Wildman–Crippen MR) is 67.3 cm³/mol. The van der Waals surface area contributed by atoms with Gasteiger partial charge in [0.15, 0.2) is 0 Å². The lowest BCUT2D eigenvalue weighted by Crippen LogP contribution is -2.27. The molecular weight excluding hydrogens is 217 g/mol. The standard InChI is InChI=1S/C14H18FNO/c1-4-6-12(5-2)16-10-11-7-8-13(17-3)9-14(11)15/h2,7-9,12,16H,4,6,10H2,1,3H3. The van der Waals surface area contributed by atoms with Crippen molar-refractivity contribution in [2.24, 2.45) is 0 Å². The second-order valence-corrected chi connectivity index (χ2v) is 3.85. The van der Waals surface area contributed by atoms with Gasteiger partial charge in [-0.15, -0.1) is 6.42 Å². The van der Waals surface area contributed by atoms with Crippen LogP contribution in [0.5, 0.6) is 5.75 Å². The van der Waals surface area contributed by atoms with Gasteiger partial charge in [0, 0.05) is 18.2 Å². The van der Waals surface area contributed by atoms with E-state index in [1.807, 2.05) is 0 Å². The second kappa shape index (κ2) is 6.93. The Morgan fingerprint density at radius 1 is 1.53 bits per heavy atom. The molecular formula is C14H18FNO. The molecule has 0 fully saturated rings. The van der Waals surface area contributed by atoms with E-state index in [-0.39, 0.29) is 11.9 Å². The highest BCUT2D eigenvalue weighted by atomic mass is 19.1. The van der Waals surface area contributed by atoms with Crippen LogP contribution in [0.4, 0.5) is 4.39 Å². The molecule has 92 valence electrons. The molecule has 1 aromatic carbocycles. The number of halogens is 1. The van der Waals surface area contributed by atoms with E-state index in [1.54, 1.807) is 12.1 Å². The van der Waals surface area contributed by atoms with Crippen molar-refractivity contribution in [2.45, 2.75) is 32.4 Å². The van der Waals surface area contributed by atoms with Crippen molar-refractivity contribution < 1.29 is 9.13 Å². The van der Waals surface area contributed by atoms with Crippen molar-refractivity contribution in [3.8, 4) is 18.1 Å². The first-order valence-corrected chi connectivity index (χ1v) is 5.73. The highest BCUT2D eigenvalue weighted by Crippen LogP contribution is 2.16. The van der Waals surface area contributed by atoms with Gasteiger partial charge in [-0.25, -0.2) is 4.39 Å². The molecule has 1 unspecified atom stereocenters. The maximum absolute atomic E-state index is 13.6. The Kier molecular flexibility index (Phi) is 5.51. The van der Waals surface area contributed by atoms with Gasteiger partial charge in [-0.05, 0) is 12.5 Å². The normalized spacial score (nSPS) is 11.9. The monoisotopic (exact) mass is 235 g/mol. The number of methoxy groups -OCH3 is 1. The zero-order valence-corrected chi connectivity index (χ0v) is 10.3. The molecule has 0 aliphatic rings. The lowest BCUT2D eigenvalue weighted by atomic mass is 10.1. The van der Waals surface area contributed by atoms with Gasteiger partial charge in [-0.1, -0.05) is 25.3 Å². The summed E-state index contributed by atoms with van der Waals surface area (Å²) < 4.78 is 18.5. The van der Waals surface area contributed by atoms with E-state index >= 15 is 0 Å². The molecule has 2 nitrogen and oxygen atoms in total. The molecule has 0 saturated carbocycles. The smallest absolute Gasteiger partial charge is 0.131 e. The Morgan fingerprint density at radius 3 is 2.82 bits per heavy atom. The lowest BCUT2D eigenvalue weighted by Gasteiger charge is -2.12. The molecule has 1 atom stereocenters. The summed E-state index contributed by atoms with van der Waals surface area (Å²) in [4.78, 5) is 0. The van der Waals surface area contributed by atoms with Crippen LogP contribution in [0, 0.1) is 18.2 Å². The third-order valence-electron chi connectivity index (χ3n) is 2.58. The van der Waals surface area contributed by atoms with Crippen LogP contribution in [0.25, 0.3) is 0 Å². The van der Waals surface area contributed by atoms with Crippen LogP contribution < -0.4 is 10.1 Å². The molecule has 1 rings (SSSR count). The summed E-state index contributed by atoms with van der Waals surface area (Å²) in [6.07, 6.45) is 7.28. The Balaban J connectivity index is 2.60. The topological polar surface area (TPSA) is 21.3 Å². The van der Waals surface area contributed by atoms with Gasteiger partial charge in [0.05, 0.1) is 13.2 Å². The molecule has 0 heterocycles. The molecule has 1 aromatic rings. The minimum Gasteiger partial charge on any atom is -0.497 e. The molecule has 1 N–H and O–H groups in total. The van der Waals surface area contributed by atoms with E-state index in [9.17, 15) is 4.39 Å². The number of nitrogens with one attached hydrogen (secondary N) is 1. The summed E-state index contributed by atoms with van der Waals surface area (Å²) in [5, 5.41) is 3.15. The van der Waals surface area contributed by atoms with E-state index in [4.69, 9.17) is 11.2 Å².